The first-order chi connectivity index (χ1) is 15.2. The van der Waals surface area contributed by atoms with Crippen molar-refractivity contribution in [3.05, 3.63) is 59.7 Å². The summed E-state index contributed by atoms with van der Waals surface area (Å²) in [5.41, 5.74) is 2.18. The average molecular weight is 427 g/mol. The van der Waals surface area contributed by atoms with E-state index >= 15 is 0 Å². The lowest BCUT2D eigenvalue weighted by Gasteiger charge is -2.04. The fourth-order valence-electron chi connectivity index (χ4n) is 3.81. The normalized spacial score (nSPS) is 10.5. The molecule has 0 aliphatic rings. The van der Waals surface area contributed by atoms with Crippen molar-refractivity contribution in [2.24, 2.45) is 0 Å². The fraction of sp³-hybridized carbons (Fsp3) is 0.586. The van der Waals surface area contributed by atoms with E-state index in [0.29, 0.717) is 11.5 Å². The quantitative estimate of drug-likeness (QED) is 0.279. The second-order valence-electron chi connectivity index (χ2n) is 8.65. The molecule has 2 nitrogen and oxygen atoms in total. The van der Waals surface area contributed by atoms with Crippen LogP contribution < -0.4 is 0 Å². The van der Waals surface area contributed by atoms with E-state index in [4.69, 9.17) is 0 Å². The number of unbranched alkanes of at least 4 members (excludes halogenated alkanes) is 11. The third-order valence-corrected chi connectivity index (χ3v) is 5.83. The lowest BCUT2D eigenvalue weighted by molar-refractivity contribution is 0.465. The predicted octanol–water partition coefficient (Wildman–Crippen LogP) is 8.98. The van der Waals surface area contributed by atoms with Crippen LogP contribution in [0.4, 0.5) is 0 Å². The zero-order valence-corrected chi connectivity index (χ0v) is 20.1. The number of para-hydroxylation sites is 2. The third-order valence-electron chi connectivity index (χ3n) is 5.83. The summed E-state index contributed by atoms with van der Waals surface area (Å²) in [6.07, 6.45) is 19.1. The van der Waals surface area contributed by atoms with Gasteiger partial charge >= 0.3 is 0 Å². The lowest BCUT2D eigenvalue weighted by Crippen LogP contribution is -1.87. The van der Waals surface area contributed by atoms with Gasteiger partial charge in [-0.1, -0.05) is 121 Å². The van der Waals surface area contributed by atoms with E-state index in [1.165, 1.54) is 83.5 Å². The maximum atomic E-state index is 9.58. The molecule has 0 atom stereocenters. The second kappa shape index (κ2) is 18.8. The number of aromatic hydroxyl groups is 2. The molecular formula is C29H46O2. The molecule has 2 heteroatoms. The van der Waals surface area contributed by atoms with Gasteiger partial charge < -0.3 is 10.2 Å². The van der Waals surface area contributed by atoms with Crippen LogP contribution in [0.2, 0.25) is 0 Å². The van der Waals surface area contributed by atoms with E-state index < -0.39 is 0 Å². The summed E-state index contributed by atoms with van der Waals surface area (Å²) in [6, 6.07) is 15.3. The monoisotopic (exact) mass is 426 g/mol. The van der Waals surface area contributed by atoms with Crippen LogP contribution >= 0.6 is 0 Å². The van der Waals surface area contributed by atoms with Crippen LogP contribution in [-0.2, 0) is 12.8 Å². The molecule has 0 saturated heterocycles. The molecule has 2 aromatic rings. The van der Waals surface area contributed by atoms with Gasteiger partial charge in [0.05, 0.1) is 0 Å². The van der Waals surface area contributed by atoms with E-state index in [0.717, 1.165) is 24.0 Å². The van der Waals surface area contributed by atoms with Crippen LogP contribution in [0.3, 0.4) is 0 Å². The molecule has 0 radical (unpaired) electrons. The predicted molar refractivity (Wildman–Crippen MR) is 135 cm³/mol. The van der Waals surface area contributed by atoms with Gasteiger partial charge in [0.25, 0.3) is 0 Å². The minimum absolute atomic E-state index is 0.450. The highest BCUT2D eigenvalue weighted by Gasteiger charge is 1.99. The minimum atomic E-state index is 0.450. The first kappa shape index (κ1) is 27.1. The Kier molecular flexibility index (Phi) is 16.4. The Hall–Kier alpha value is -1.96. The average Bonchev–Trinajstić information content (AvgIpc) is 2.78. The first-order valence-electron chi connectivity index (χ1n) is 12.7. The molecular weight excluding hydrogens is 380 g/mol. The van der Waals surface area contributed by atoms with Crippen molar-refractivity contribution < 1.29 is 10.2 Å². The molecule has 0 bridgehead atoms. The van der Waals surface area contributed by atoms with E-state index in [1.54, 1.807) is 12.1 Å². The summed E-state index contributed by atoms with van der Waals surface area (Å²) < 4.78 is 0. The molecule has 0 spiro atoms. The second-order valence-corrected chi connectivity index (χ2v) is 8.65. The van der Waals surface area contributed by atoms with Crippen molar-refractivity contribution >= 4 is 0 Å². The zero-order valence-electron chi connectivity index (χ0n) is 20.1. The lowest BCUT2D eigenvalue weighted by atomic mass is 10.0. The van der Waals surface area contributed by atoms with E-state index in [2.05, 4.69) is 13.8 Å². The molecule has 0 unspecified atom stereocenters. The SMILES string of the molecule is CCCCCCCCCc1ccccc1O.CCCCCCCCc1ccccc1O. The summed E-state index contributed by atoms with van der Waals surface area (Å²) in [7, 11) is 0. The van der Waals surface area contributed by atoms with E-state index in [9.17, 15) is 10.2 Å². The number of rotatable bonds is 15. The number of benzene rings is 2. The Morgan fingerprint density at radius 3 is 1.13 bits per heavy atom. The molecule has 2 N–H and O–H groups in total. The van der Waals surface area contributed by atoms with Gasteiger partial charge in [-0.3, -0.25) is 0 Å². The van der Waals surface area contributed by atoms with Crippen molar-refractivity contribution in [3.63, 3.8) is 0 Å². The number of phenols is 2. The largest absolute Gasteiger partial charge is 0.508 e. The topological polar surface area (TPSA) is 40.5 Å². The summed E-state index contributed by atoms with van der Waals surface area (Å²) in [5.74, 6) is 0.902. The van der Waals surface area contributed by atoms with Crippen LogP contribution in [0.25, 0.3) is 0 Å². The van der Waals surface area contributed by atoms with Gasteiger partial charge in [0.15, 0.2) is 0 Å². The van der Waals surface area contributed by atoms with Crippen molar-refractivity contribution in [2.75, 3.05) is 0 Å². The molecule has 174 valence electrons. The highest BCUT2D eigenvalue weighted by Crippen LogP contribution is 2.19. The van der Waals surface area contributed by atoms with Crippen LogP contribution in [-0.4, -0.2) is 10.2 Å². The highest BCUT2D eigenvalue weighted by molar-refractivity contribution is 5.32. The Morgan fingerprint density at radius 1 is 0.452 bits per heavy atom. The van der Waals surface area contributed by atoms with Crippen molar-refractivity contribution in [2.45, 2.75) is 110 Å². The molecule has 0 saturated carbocycles. The molecule has 2 aromatic carbocycles. The Bertz CT molecular complexity index is 665. The molecule has 31 heavy (non-hydrogen) atoms. The maximum absolute atomic E-state index is 9.58. The van der Waals surface area contributed by atoms with Crippen LogP contribution in [0, 0.1) is 0 Å². The number of hydrogen-bond acceptors (Lipinski definition) is 2. The molecule has 0 aliphatic carbocycles. The van der Waals surface area contributed by atoms with Crippen LogP contribution in [0.15, 0.2) is 48.5 Å². The summed E-state index contributed by atoms with van der Waals surface area (Å²) >= 11 is 0. The van der Waals surface area contributed by atoms with Crippen LogP contribution in [0.1, 0.15) is 108 Å². The molecule has 0 aliphatic heterocycles. The molecule has 0 heterocycles. The smallest absolute Gasteiger partial charge is 0.118 e. The number of phenolic OH excluding ortho intramolecular Hbond substituents is 2. The van der Waals surface area contributed by atoms with Gasteiger partial charge in [0, 0.05) is 0 Å². The van der Waals surface area contributed by atoms with Gasteiger partial charge in [-0.25, -0.2) is 0 Å². The number of hydrogen-bond donors (Lipinski definition) is 2. The summed E-state index contributed by atoms with van der Waals surface area (Å²) in [6.45, 7) is 4.49. The molecule has 2 rings (SSSR count). The summed E-state index contributed by atoms with van der Waals surface area (Å²) in [5, 5.41) is 19.1. The zero-order chi connectivity index (χ0) is 22.6. The van der Waals surface area contributed by atoms with Crippen molar-refractivity contribution in [3.8, 4) is 11.5 Å². The van der Waals surface area contributed by atoms with Gasteiger partial charge in [-0.15, -0.1) is 0 Å². The van der Waals surface area contributed by atoms with Crippen molar-refractivity contribution in [1.29, 1.82) is 0 Å². The fourth-order valence-corrected chi connectivity index (χ4v) is 3.81. The third kappa shape index (κ3) is 13.9. The van der Waals surface area contributed by atoms with Crippen molar-refractivity contribution in [1.82, 2.24) is 0 Å². The van der Waals surface area contributed by atoms with E-state index in [-0.39, 0.29) is 0 Å². The van der Waals surface area contributed by atoms with E-state index in [1.807, 2.05) is 36.4 Å². The van der Waals surface area contributed by atoms with Crippen LogP contribution in [0.5, 0.6) is 11.5 Å². The Morgan fingerprint density at radius 2 is 0.774 bits per heavy atom. The molecule has 0 amide bonds. The molecule has 0 aromatic heterocycles. The highest BCUT2D eigenvalue weighted by atomic mass is 16.3. The Balaban J connectivity index is 0.000000311. The van der Waals surface area contributed by atoms with Gasteiger partial charge in [0.1, 0.15) is 11.5 Å². The maximum Gasteiger partial charge on any atom is 0.118 e. The Labute approximate surface area is 191 Å². The minimum Gasteiger partial charge on any atom is -0.508 e. The first-order valence-corrected chi connectivity index (χ1v) is 12.7. The number of aryl methyl sites for hydroxylation is 2. The van der Waals surface area contributed by atoms with Gasteiger partial charge in [-0.05, 0) is 48.9 Å². The molecule has 0 fully saturated rings. The standard InChI is InChI=1S/C15H24O.C14H22O/c1-2-3-4-5-6-7-8-11-14-12-9-10-13-15(14)16;1-2-3-4-5-6-7-10-13-11-8-9-12-14(13)15/h9-10,12-13,16H,2-8,11H2,1H3;8-9,11-12,15H,2-7,10H2,1H3. The van der Waals surface area contributed by atoms with Gasteiger partial charge in [-0.2, -0.15) is 0 Å². The van der Waals surface area contributed by atoms with Gasteiger partial charge in [0.2, 0.25) is 0 Å². The summed E-state index contributed by atoms with van der Waals surface area (Å²) in [4.78, 5) is 0.